The molecule has 6 rings (SSSR count). The van der Waals surface area contributed by atoms with E-state index in [1.165, 1.54) is 11.3 Å². The SMILES string of the molecule is CCCC(=O)Nc1cc(CC)cc(-c2cnc3n[nH]c(-c4nc5c(-c6ccc(C(C)=O)s6)cncc5[nH]4)c3c2)c1. The number of nitrogens with zero attached hydrogens (tertiary/aromatic N) is 4. The van der Waals surface area contributed by atoms with Gasteiger partial charge in [-0.15, -0.1) is 11.3 Å². The lowest BCUT2D eigenvalue weighted by Gasteiger charge is -2.10. The fourth-order valence-electron chi connectivity index (χ4n) is 4.73. The van der Waals surface area contributed by atoms with Gasteiger partial charge in [0.2, 0.25) is 5.91 Å². The number of aryl methyl sites for hydroxylation is 1. The Bertz CT molecular complexity index is 1900. The summed E-state index contributed by atoms with van der Waals surface area (Å²) in [4.78, 5) is 43.0. The summed E-state index contributed by atoms with van der Waals surface area (Å²) >= 11 is 1.43. The van der Waals surface area contributed by atoms with Gasteiger partial charge >= 0.3 is 0 Å². The van der Waals surface area contributed by atoms with Gasteiger partial charge in [-0.2, -0.15) is 5.10 Å². The van der Waals surface area contributed by atoms with E-state index in [0.717, 1.165) is 62.1 Å². The predicted octanol–water partition coefficient (Wildman–Crippen LogP) is 6.80. The molecule has 0 bridgehead atoms. The Kier molecular flexibility index (Phi) is 6.69. The van der Waals surface area contributed by atoms with Crippen LogP contribution in [0, 0.1) is 0 Å². The fraction of sp³-hybridized carbons (Fsp3) is 0.200. The average Bonchev–Trinajstić information content (AvgIpc) is 3.70. The molecule has 5 heterocycles. The van der Waals surface area contributed by atoms with Crippen LogP contribution in [0.4, 0.5) is 5.69 Å². The third-order valence-corrected chi connectivity index (χ3v) is 7.97. The molecule has 40 heavy (non-hydrogen) atoms. The lowest BCUT2D eigenvalue weighted by atomic mass is 10.0. The molecule has 0 aliphatic rings. The minimum atomic E-state index is 0.00575. The number of thiophene rings is 1. The maximum atomic E-state index is 12.3. The van der Waals surface area contributed by atoms with Crippen molar-refractivity contribution in [1.29, 1.82) is 0 Å². The molecule has 0 fully saturated rings. The normalized spacial score (nSPS) is 11.4. The van der Waals surface area contributed by atoms with Gasteiger partial charge in [-0.1, -0.05) is 19.9 Å². The van der Waals surface area contributed by atoms with Crippen LogP contribution in [-0.4, -0.2) is 41.8 Å². The Morgan fingerprint density at radius 2 is 1.90 bits per heavy atom. The zero-order valence-corrected chi connectivity index (χ0v) is 23.1. The largest absolute Gasteiger partial charge is 0.335 e. The van der Waals surface area contributed by atoms with Gasteiger partial charge in [-0.25, -0.2) is 9.97 Å². The van der Waals surface area contributed by atoms with Crippen LogP contribution in [0.5, 0.6) is 0 Å². The average molecular weight is 550 g/mol. The second-order valence-electron chi connectivity index (χ2n) is 9.65. The van der Waals surface area contributed by atoms with Crippen molar-refractivity contribution in [1.82, 2.24) is 30.1 Å². The number of rotatable bonds is 8. The van der Waals surface area contributed by atoms with E-state index in [9.17, 15) is 9.59 Å². The number of Topliss-reactive ketones (excluding diaryl/α,β-unsaturated/α-hetero) is 1. The molecule has 0 aliphatic carbocycles. The van der Waals surface area contributed by atoms with E-state index in [0.29, 0.717) is 28.5 Å². The summed E-state index contributed by atoms with van der Waals surface area (Å²) in [5.41, 5.74) is 7.45. The number of pyridine rings is 2. The number of anilines is 1. The predicted molar refractivity (Wildman–Crippen MR) is 158 cm³/mol. The summed E-state index contributed by atoms with van der Waals surface area (Å²) < 4.78 is 0. The maximum absolute atomic E-state index is 12.3. The van der Waals surface area contributed by atoms with Gasteiger partial charge in [0.15, 0.2) is 17.3 Å². The van der Waals surface area contributed by atoms with Crippen LogP contribution in [0.15, 0.2) is 55.0 Å². The van der Waals surface area contributed by atoms with Crippen LogP contribution in [0.3, 0.4) is 0 Å². The molecule has 0 atom stereocenters. The van der Waals surface area contributed by atoms with Crippen LogP contribution in [0.1, 0.15) is 48.8 Å². The van der Waals surface area contributed by atoms with E-state index >= 15 is 0 Å². The van der Waals surface area contributed by atoms with Gasteiger partial charge in [-0.05, 0) is 61.2 Å². The third-order valence-electron chi connectivity index (χ3n) is 6.75. The number of hydrogen-bond acceptors (Lipinski definition) is 7. The van der Waals surface area contributed by atoms with E-state index in [4.69, 9.17) is 4.98 Å². The van der Waals surface area contributed by atoms with Crippen molar-refractivity contribution < 1.29 is 9.59 Å². The first kappa shape index (κ1) is 25.6. The number of fused-ring (bicyclic) bond motifs is 2. The Morgan fingerprint density at radius 1 is 1.02 bits per heavy atom. The first-order valence-corrected chi connectivity index (χ1v) is 14.0. The number of imidazole rings is 1. The van der Waals surface area contributed by atoms with Crippen molar-refractivity contribution in [3.05, 3.63) is 65.4 Å². The lowest BCUT2D eigenvalue weighted by Crippen LogP contribution is -2.10. The molecule has 200 valence electrons. The van der Waals surface area contributed by atoms with Crippen LogP contribution >= 0.6 is 11.3 Å². The molecule has 10 heteroatoms. The van der Waals surface area contributed by atoms with Crippen LogP contribution in [0.2, 0.25) is 0 Å². The molecule has 1 aromatic carbocycles. The number of benzene rings is 1. The molecule has 9 nitrogen and oxygen atoms in total. The van der Waals surface area contributed by atoms with Gasteiger partial charge in [0, 0.05) is 40.5 Å². The van der Waals surface area contributed by atoms with E-state index in [2.05, 4.69) is 43.5 Å². The molecule has 1 amide bonds. The smallest absolute Gasteiger partial charge is 0.224 e. The second kappa shape index (κ2) is 10.5. The van der Waals surface area contributed by atoms with Crippen molar-refractivity contribution in [3.63, 3.8) is 0 Å². The number of H-pyrrole nitrogens is 2. The van der Waals surface area contributed by atoms with E-state index in [1.54, 1.807) is 25.5 Å². The molecule has 0 radical (unpaired) electrons. The molecule has 0 saturated carbocycles. The molecular weight excluding hydrogens is 522 g/mol. The molecule has 5 aromatic heterocycles. The van der Waals surface area contributed by atoms with Crippen LogP contribution in [0.25, 0.3) is 55.2 Å². The Labute approximate surface area is 234 Å². The molecule has 0 spiro atoms. The molecule has 6 aromatic rings. The standard InChI is InChI=1S/C30H27N7O2S/c1-4-6-26(39)33-20-10-17(5-2)9-18(11-20)19-12-21-28(36-37-29(21)32-13-19)30-34-23-15-31-14-22(27(23)35-30)25-8-7-24(40-25)16(3)38/h7-15H,4-6H2,1-3H3,(H,33,39)(H,34,35)(H,32,36,37). The number of aromatic amines is 2. The van der Waals surface area contributed by atoms with Gasteiger partial charge in [0.25, 0.3) is 0 Å². The number of nitrogens with one attached hydrogen (secondary N) is 3. The molecule has 0 saturated heterocycles. The first-order chi connectivity index (χ1) is 19.4. The Hall–Kier alpha value is -4.70. The van der Waals surface area contributed by atoms with Crippen LogP contribution < -0.4 is 5.32 Å². The van der Waals surface area contributed by atoms with Gasteiger partial charge in [0.1, 0.15) is 11.2 Å². The minimum absolute atomic E-state index is 0.00575. The highest BCUT2D eigenvalue weighted by molar-refractivity contribution is 7.17. The van der Waals surface area contributed by atoms with E-state index < -0.39 is 0 Å². The summed E-state index contributed by atoms with van der Waals surface area (Å²) in [6.45, 7) is 5.64. The Morgan fingerprint density at radius 3 is 2.67 bits per heavy atom. The van der Waals surface area contributed by atoms with Crippen molar-refractivity contribution in [2.75, 3.05) is 5.32 Å². The lowest BCUT2D eigenvalue weighted by molar-refractivity contribution is -0.116. The number of amides is 1. The van der Waals surface area contributed by atoms with Gasteiger partial charge in [-0.3, -0.25) is 19.7 Å². The van der Waals surface area contributed by atoms with Gasteiger partial charge in [0.05, 0.1) is 22.0 Å². The number of carbonyl (C=O) groups is 2. The maximum Gasteiger partial charge on any atom is 0.224 e. The van der Waals surface area contributed by atoms with E-state index in [-0.39, 0.29) is 11.7 Å². The summed E-state index contributed by atoms with van der Waals surface area (Å²) in [5.74, 6) is 0.654. The highest BCUT2D eigenvalue weighted by atomic mass is 32.1. The molecule has 3 N–H and O–H groups in total. The third kappa shape index (κ3) is 4.77. The summed E-state index contributed by atoms with van der Waals surface area (Å²) in [6, 6.07) is 11.9. The number of hydrogen-bond donors (Lipinski definition) is 3. The Balaban J connectivity index is 1.41. The second-order valence-corrected chi connectivity index (χ2v) is 10.7. The zero-order chi connectivity index (χ0) is 27.8. The van der Waals surface area contributed by atoms with Gasteiger partial charge < -0.3 is 10.3 Å². The van der Waals surface area contributed by atoms with Crippen molar-refractivity contribution >= 4 is 50.8 Å². The summed E-state index contributed by atoms with van der Waals surface area (Å²) in [6.07, 6.45) is 7.42. The van der Waals surface area contributed by atoms with Crippen molar-refractivity contribution in [2.24, 2.45) is 0 Å². The molecular formula is C30H27N7O2S. The van der Waals surface area contributed by atoms with E-state index in [1.807, 2.05) is 37.3 Å². The highest BCUT2D eigenvalue weighted by Gasteiger charge is 2.18. The highest BCUT2D eigenvalue weighted by Crippen LogP contribution is 2.35. The summed E-state index contributed by atoms with van der Waals surface area (Å²) in [7, 11) is 0. The number of carbonyl (C=O) groups excluding carboxylic acids is 2. The fourth-order valence-corrected chi connectivity index (χ4v) is 5.64. The number of ketones is 1. The first-order valence-electron chi connectivity index (χ1n) is 13.2. The minimum Gasteiger partial charge on any atom is -0.335 e. The topological polar surface area (TPSA) is 129 Å². The monoisotopic (exact) mass is 549 g/mol. The quantitative estimate of drug-likeness (QED) is 0.179. The van der Waals surface area contributed by atoms with Crippen molar-refractivity contribution in [2.45, 2.75) is 40.0 Å². The van der Waals surface area contributed by atoms with Crippen LogP contribution in [-0.2, 0) is 11.2 Å². The summed E-state index contributed by atoms with van der Waals surface area (Å²) in [5, 5.41) is 11.3. The molecule has 0 aliphatic heterocycles. The molecule has 0 unspecified atom stereocenters. The zero-order valence-electron chi connectivity index (χ0n) is 22.3. The van der Waals surface area contributed by atoms with Crippen molar-refractivity contribution in [3.8, 4) is 33.1 Å². The number of aromatic nitrogens is 6.